The second kappa shape index (κ2) is 2.77. The highest BCUT2D eigenvalue weighted by molar-refractivity contribution is 7.54. The Bertz CT molecular complexity index is 180. The summed E-state index contributed by atoms with van der Waals surface area (Å²) in [4.78, 5) is 0. The van der Waals surface area contributed by atoms with E-state index in [2.05, 4.69) is 9.05 Å². The highest BCUT2D eigenvalue weighted by Gasteiger charge is 2.43. The van der Waals surface area contributed by atoms with Crippen LogP contribution in [0.3, 0.4) is 0 Å². The van der Waals surface area contributed by atoms with Crippen molar-refractivity contribution in [1.82, 2.24) is 0 Å². The molecule has 0 spiro atoms. The number of alkyl halides is 3. The molecule has 1 aliphatic heterocycles. The van der Waals surface area contributed by atoms with Crippen molar-refractivity contribution < 1.29 is 26.8 Å². The summed E-state index contributed by atoms with van der Waals surface area (Å²) in [5, 5.41) is 0. The lowest BCUT2D eigenvalue weighted by Gasteiger charge is -2.10. The maximum atomic E-state index is 11.6. The molecule has 0 aromatic heterocycles. The van der Waals surface area contributed by atoms with Gasteiger partial charge in [0.2, 0.25) is 0 Å². The average molecular weight is 190 g/mol. The monoisotopic (exact) mass is 190 g/mol. The Balaban J connectivity index is 2.54. The van der Waals surface area contributed by atoms with Gasteiger partial charge in [-0.3, -0.25) is 4.57 Å². The molecule has 0 aromatic carbocycles. The minimum atomic E-state index is -4.49. The molecule has 11 heavy (non-hydrogen) atoms. The van der Waals surface area contributed by atoms with Gasteiger partial charge in [0.05, 0.1) is 13.2 Å². The maximum absolute atomic E-state index is 11.6. The van der Waals surface area contributed by atoms with Gasteiger partial charge >= 0.3 is 13.8 Å². The molecule has 1 heterocycles. The molecule has 1 fully saturated rings. The van der Waals surface area contributed by atoms with Crippen LogP contribution in [0.1, 0.15) is 0 Å². The van der Waals surface area contributed by atoms with E-state index in [1.165, 1.54) is 0 Å². The van der Waals surface area contributed by atoms with Gasteiger partial charge in [-0.15, -0.1) is 0 Å². The van der Waals surface area contributed by atoms with Gasteiger partial charge < -0.3 is 9.05 Å². The quantitative estimate of drug-likeness (QED) is 0.591. The zero-order valence-corrected chi connectivity index (χ0v) is 6.32. The lowest BCUT2D eigenvalue weighted by molar-refractivity contribution is -0.109. The third-order valence-corrected chi connectivity index (χ3v) is 2.93. The van der Waals surface area contributed by atoms with E-state index in [0.29, 0.717) is 0 Å². The molecule has 7 heteroatoms. The summed E-state index contributed by atoms with van der Waals surface area (Å²) in [5.41, 5.74) is 0. The highest BCUT2D eigenvalue weighted by atomic mass is 31.2. The van der Waals surface area contributed by atoms with Crippen LogP contribution in [0.15, 0.2) is 0 Å². The molecule has 0 unspecified atom stereocenters. The van der Waals surface area contributed by atoms with Crippen molar-refractivity contribution in [1.29, 1.82) is 0 Å². The van der Waals surface area contributed by atoms with Gasteiger partial charge in [0.15, 0.2) is 0 Å². The number of halogens is 3. The smallest absolute Gasteiger partial charge is 0.306 e. The Kier molecular flexibility index (Phi) is 2.27. The van der Waals surface area contributed by atoms with E-state index in [1.54, 1.807) is 0 Å². The first-order valence-corrected chi connectivity index (χ1v) is 4.59. The molecule has 1 saturated heterocycles. The second-order valence-electron chi connectivity index (χ2n) is 2.05. The first-order valence-electron chi connectivity index (χ1n) is 2.86. The molecule has 1 aliphatic rings. The van der Waals surface area contributed by atoms with E-state index in [1.807, 2.05) is 0 Å². The highest BCUT2D eigenvalue weighted by Crippen LogP contribution is 2.54. The van der Waals surface area contributed by atoms with Gasteiger partial charge in [0.1, 0.15) is 6.16 Å². The fourth-order valence-corrected chi connectivity index (χ4v) is 2.10. The van der Waals surface area contributed by atoms with Crippen LogP contribution >= 0.6 is 7.60 Å². The summed E-state index contributed by atoms with van der Waals surface area (Å²) < 4.78 is 54.4. The lowest BCUT2D eigenvalue weighted by Crippen LogP contribution is -2.14. The number of hydrogen-bond donors (Lipinski definition) is 0. The van der Waals surface area contributed by atoms with E-state index in [-0.39, 0.29) is 13.2 Å². The second-order valence-corrected chi connectivity index (χ2v) is 4.11. The van der Waals surface area contributed by atoms with Crippen molar-refractivity contribution in [3.05, 3.63) is 0 Å². The van der Waals surface area contributed by atoms with E-state index in [0.717, 1.165) is 0 Å². The predicted octanol–water partition coefficient (Wildman–Crippen LogP) is 1.79. The van der Waals surface area contributed by atoms with Crippen molar-refractivity contribution in [2.75, 3.05) is 19.4 Å². The molecule has 0 saturated carbocycles. The summed E-state index contributed by atoms with van der Waals surface area (Å²) >= 11 is 0. The van der Waals surface area contributed by atoms with Crippen molar-refractivity contribution >= 4 is 7.60 Å². The van der Waals surface area contributed by atoms with E-state index in [9.17, 15) is 17.7 Å². The average Bonchev–Trinajstić information content (AvgIpc) is 2.09. The first kappa shape index (κ1) is 9.03. The van der Waals surface area contributed by atoms with Crippen LogP contribution in [0.2, 0.25) is 0 Å². The van der Waals surface area contributed by atoms with E-state index < -0.39 is 19.9 Å². The summed E-state index contributed by atoms with van der Waals surface area (Å²) in [7, 11) is -3.82. The van der Waals surface area contributed by atoms with E-state index in [4.69, 9.17) is 0 Å². The van der Waals surface area contributed by atoms with Crippen LogP contribution in [0.5, 0.6) is 0 Å². The van der Waals surface area contributed by atoms with Gasteiger partial charge in [0.25, 0.3) is 0 Å². The maximum Gasteiger partial charge on any atom is 0.400 e. The molecular weight excluding hydrogens is 184 g/mol. The van der Waals surface area contributed by atoms with Crippen molar-refractivity contribution in [2.24, 2.45) is 0 Å². The Hall–Kier alpha value is -0.0600. The fraction of sp³-hybridized carbons (Fsp3) is 1.00. The summed E-state index contributed by atoms with van der Waals surface area (Å²) in [5.74, 6) is 0. The Labute approximate surface area is 61.0 Å². The molecule has 0 atom stereocenters. The lowest BCUT2D eigenvalue weighted by atomic mass is 10.8. The zero-order chi connectivity index (χ0) is 8.54. The molecule has 0 amide bonds. The topological polar surface area (TPSA) is 35.5 Å². The van der Waals surface area contributed by atoms with Gasteiger partial charge in [-0.25, -0.2) is 0 Å². The summed E-state index contributed by atoms with van der Waals surface area (Å²) in [6.45, 7) is -0.0410. The SMILES string of the molecule is O=P1(CC(F)(F)F)OCCO1. The normalized spacial score (nSPS) is 23.9. The minimum absolute atomic E-state index is 0.0205. The molecule has 1 rings (SSSR count). The molecule has 3 nitrogen and oxygen atoms in total. The van der Waals surface area contributed by atoms with Gasteiger partial charge in [-0.05, 0) is 0 Å². The fourth-order valence-electron chi connectivity index (χ4n) is 0.701. The van der Waals surface area contributed by atoms with Gasteiger partial charge in [0, 0.05) is 0 Å². The Morgan fingerprint density at radius 1 is 1.27 bits per heavy atom. The minimum Gasteiger partial charge on any atom is -0.306 e. The van der Waals surface area contributed by atoms with Crippen LogP contribution in [-0.2, 0) is 13.6 Å². The molecule has 66 valence electrons. The molecule has 0 N–H and O–H groups in total. The summed E-state index contributed by atoms with van der Waals surface area (Å²) in [6.07, 6.45) is -5.97. The third kappa shape index (κ3) is 2.81. The van der Waals surface area contributed by atoms with Crippen molar-refractivity contribution in [3.63, 3.8) is 0 Å². The van der Waals surface area contributed by atoms with E-state index >= 15 is 0 Å². The van der Waals surface area contributed by atoms with Gasteiger partial charge in [-0.2, -0.15) is 13.2 Å². The Morgan fingerprint density at radius 2 is 1.73 bits per heavy atom. The van der Waals surface area contributed by atoms with Crippen LogP contribution in [-0.4, -0.2) is 25.6 Å². The zero-order valence-electron chi connectivity index (χ0n) is 5.43. The first-order chi connectivity index (χ1) is 4.91. The predicted molar refractivity (Wildman–Crippen MR) is 30.4 cm³/mol. The standard InChI is InChI=1S/C4H6F3O3P/c5-4(6,7)3-11(8)9-1-2-10-11/h1-3H2. The van der Waals surface area contributed by atoms with Crippen LogP contribution in [0, 0.1) is 0 Å². The molecule has 0 aromatic rings. The Morgan fingerprint density at radius 3 is 2.09 bits per heavy atom. The number of rotatable bonds is 1. The summed E-state index contributed by atoms with van der Waals surface area (Å²) in [6, 6.07) is 0. The molecule has 0 aliphatic carbocycles. The van der Waals surface area contributed by atoms with Gasteiger partial charge in [-0.1, -0.05) is 0 Å². The van der Waals surface area contributed by atoms with Crippen molar-refractivity contribution in [3.8, 4) is 0 Å². The molecule has 0 radical (unpaired) electrons. The van der Waals surface area contributed by atoms with Crippen LogP contribution in [0.4, 0.5) is 13.2 Å². The van der Waals surface area contributed by atoms with Crippen LogP contribution < -0.4 is 0 Å². The number of hydrogen-bond acceptors (Lipinski definition) is 3. The molecular formula is C4H6F3O3P. The largest absolute Gasteiger partial charge is 0.400 e. The van der Waals surface area contributed by atoms with Crippen molar-refractivity contribution in [2.45, 2.75) is 6.18 Å². The molecule has 0 bridgehead atoms. The van der Waals surface area contributed by atoms with Crippen LogP contribution in [0.25, 0.3) is 0 Å². The third-order valence-electron chi connectivity index (χ3n) is 1.03.